The number of hydrogen-bond acceptors (Lipinski definition) is 4. The number of halogens is 1. The molecule has 5 saturated carbocycles. The van der Waals surface area contributed by atoms with Crippen molar-refractivity contribution in [2.75, 3.05) is 5.32 Å². The van der Waals surface area contributed by atoms with Gasteiger partial charge in [0, 0.05) is 6.04 Å². The van der Waals surface area contributed by atoms with Crippen molar-refractivity contribution in [2.45, 2.75) is 69.4 Å². The third-order valence-electron chi connectivity index (χ3n) is 7.60. The number of aliphatic carboxylic acids is 1. The van der Waals surface area contributed by atoms with E-state index in [4.69, 9.17) is 11.6 Å². The molecule has 146 valence electrons. The van der Waals surface area contributed by atoms with Gasteiger partial charge in [-0.15, -0.1) is 0 Å². The van der Waals surface area contributed by atoms with E-state index in [-0.39, 0.29) is 16.5 Å². The maximum absolute atomic E-state index is 13.2. The number of rotatable bonds is 4. The maximum Gasteiger partial charge on any atom is 0.309 e. The van der Waals surface area contributed by atoms with Gasteiger partial charge in [-0.3, -0.25) is 9.59 Å². The minimum Gasteiger partial charge on any atom is -0.481 e. The van der Waals surface area contributed by atoms with Gasteiger partial charge in [-0.1, -0.05) is 24.4 Å². The number of aromatic nitrogens is 2. The predicted octanol–water partition coefficient (Wildman–Crippen LogP) is 3.49. The lowest BCUT2D eigenvalue weighted by molar-refractivity contribution is -0.168. The molecule has 5 aliphatic carbocycles. The fourth-order valence-corrected chi connectivity index (χ4v) is 7.06. The zero-order valence-electron chi connectivity index (χ0n) is 15.4. The second-order valence-corrected chi connectivity index (χ2v) is 9.62. The van der Waals surface area contributed by atoms with E-state index in [2.05, 4.69) is 10.4 Å². The van der Waals surface area contributed by atoms with Crippen molar-refractivity contribution in [3.63, 3.8) is 0 Å². The Kier molecular flexibility index (Phi) is 4.04. The summed E-state index contributed by atoms with van der Waals surface area (Å²) in [5.41, 5.74) is -0.470. The molecule has 0 spiro atoms. The molecule has 1 heterocycles. The summed E-state index contributed by atoms with van der Waals surface area (Å²) in [5.74, 6) is -0.182. The van der Waals surface area contributed by atoms with Crippen molar-refractivity contribution >= 4 is 23.3 Å². The SMILES string of the molecule is O=C(O)[C@@H]1C2C[C@@H]3C[C@H](C2)CC1(n1ncc(NC2CCCC2)c(Cl)c1=O)C3. The molecule has 6 nitrogen and oxygen atoms in total. The van der Waals surface area contributed by atoms with E-state index in [1.807, 2.05) is 0 Å². The lowest BCUT2D eigenvalue weighted by Gasteiger charge is -2.59. The number of nitrogens with zero attached hydrogens (tertiary/aromatic N) is 2. The Bertz CT molecular complexity index is 818. The van der Waals surface area contributed by atoms with Crippen LogP contribution in [0.5, 0.6) is 0 Å². The van der Waals surface area contributed by atoms with E-state index >= 15 is 0 Å². The molecule has 1 aromatic heterocycles. The third kappa shape index (κ3) is 2.63. The van der Waals surface area contributed by atoms with Gasteiger partial charge in [-0.2, -0.15) is 5.10 Å². The molecular weight excluding hydrogens is 366 g/mol. The van der Waals surface area contributed by atoms with Crippen LogP contribution < -0.4 is 10.9 Å². The standard InChI is InChI=1S/C20H26ClN3O3/c21-17-15(23-14-3-1-2-4-14)10-22-24(18(17)25)20-8-11-5-12(9-20)7-13(6-11)16(20)19(26)27/h10-14,16,23H,1-9H2,(H,26,27)/t11-,12+,13?,16-,20?/m0/s1. The smallest absolute Gasteiger partial charge is 0.309 e. The van der Waals surface area contributed by atoms with Crippen molar-refractivity contribution in [2.24, 2.45) is 23.7 Å². The molecular formula is C20H26ClN3O3. The molecule has 0 saturated heterocycles. The van der Waals surface area contributed by atoms with Crippen LogP contribution in [0.2, 0.25) is 5.02 Å². The predicted molar refractivity (Wildman–Crippen MR) is 102 cm³/mol. The Morgan fingerprint density at radius 1 is 1.22 bits per heavy atom. The van der Waals surface area contributed by atoms with Crippen molar-refractivity contribution in [1.82, 2.24) is 9.78 Å². The van der Waals surface area contributed by atoms with E-state index < -0.39 is 17.4 Å². The zero-order valence-corrected chi connectivity index (χ0v) is 16.1. The highest BCUT2D eigenvalue weighted by atomic mass is 35.5. The minimum absolute atomic E-state index is 0.150. The lowest BCUT2D eigenvalue weighted by atomic mass is 9.48. The number of carbonyl (C=O) groups is 1. The number of carboxylic acid groups (broad SMARTS) is 1. The lowest BCUT2D eigenvalue weighted by Crippen LogP contribution is -2.63. The van der Waals surface area contributed by atoms with Gasteiger partial charge < -0.3 is 10.4 Å². The maximum atomic E-state index is 13.2. The summed E-state index contributed by atoms with van der Waals surface area (Å²) < 4.78 is 1.46. The molecule has 27 heavy (non-hydrogen) atoms. The van der Waals surface area contributed by atoms with Crippen LogP contribution in [0.25, 0.3) is 0 Å². The average molecular weight is 392 g/mol. The van der Waals surface area contributed by atoms with Crippen LogP contribution >= 0.6 is 11.6 Å². The summed E-state index contributed by atoms with van der Waals surface area (Å²) in [6, 6.07) is 0.339. The van der Waals surface area contributed by atoms with Gasteiger partial charge >= 0.3 is 5.97 Å². The Morgan fingerprint density at radius 2 is 1.89 bits per heavy atom. The summed E-state index contributed by atoms with van der Waals surface area (Å²) in [5, 5.41) is 18.0. The Morgan fingerprint density at radius 3 is 2.52 bits per heavy atom. The Hall–Kier alpha value is -1.56. The van der Waals surface area contributed by atoms with Crippen LogP contribution in [0.4, 0.5) is 5.69 Å². The molecule has 5 aliphatic rings. The summed E-state index contributed by atoms with van der Waals surface area (Å²) in [6.07, 6.45) is 10.7. The van der Waals surface area contributed by atoms with Gasteiger partial charge in [0.25, 0.3) is 5.56 Å². The van der Waals surface area contributed by atoms with Crippen molar-refractivity contribution in [3.05, 3.63) is 21.6 Å². The first kappa shape index (κ1) is 17.5. The molecule has 5 fully saturated rings. The number of nitrogens with one attached hydrogen (secondary N) is 1. The molecule has 5 atom stereocenters. The number of anilines is 1. The Balaban J connectivity index is 1.55. The highest BCUT2D eigenvalue weighted by Gasteiger charge is 2.61. The monoisotopic (exact) mass is 391 g/mol. The highest BCUT2D eigenvalue weighted by molar-refractivity contribution is 6.32. The summed E-state index contributed by atoms with van der Waals surface area (Å²) in [4.78, 5) is 25.4. The van der Waals surface area contributed by atoms with Crippen molar-refractivity contribution < 1.29 is 9.90 Å². The molecule has 6 rings (SSSR count). The first-order chi connectivity index (χ1) is 13.0. The average Bonchev–Trinajstić information content (AvgIpc) is 3.10. The molecule has 0 aliphatic heterocycles. The van der Waals surface area contributed by atoms with Crippen LogP contribution in [0.1, 0.15) is 57.8 Å². The summed E-state index contributed by atoms with van der Waals surface area (Å²) in [6.45, 7) is 0. The van der Waals surface area contributed by atoms with Crippen LogP contribution in [-0.2, 0) is 10.3 Å². The highest BCUT2D eigenvalue weighted by Crippen LogP contribution is 2.61. The molecule has 4 bridgehead atoms. The van der Waals surface area contributed by atoms with Gasteiger partial charge in [-0.05, 0) is 62.7 Å². The number of hydrogen-bond donors (Lipinski definition) is 2. The van der Waals surface area contributed by atoms with E-state index in [0.717, 1.165) is 44.9 Å². The normalized spacial score (nSPS) is 37.7. The summed E-state index contributed by atoms with van der Waals surface area (Å²) in [7, 11) is 0. The molecule has 1 aromatic rings. The molecule has 7 heteroatoms. The number of carboxylic acids is 1. The van der Waals surface area contributed by atoms with Crippen molar-refractivity contribution in [3.8, 4) is 0 Å². The quantitative estimate of drug-likeness (QED) is 0.820. The minimum atomic E-state index is -0.795. The second kappa shape index (κ2) is 6.23. The first-order valence-electron chi connectivity index (χ1n) is 10.3. The van der Waals surface area contributed by atoms with Gasteiger partial charge in [0.2, 0.25) is 0 Å². The van der Waals surface area contributed by atoms with E-state index in [9.17, 15) is 14.7 Å². The first-order valence-corrected chi connectivity index (χ1v) is 10.6. The summed E-state index contributed by atoms with van der Waals surface area (Å²) >= 11 is 6.46. The molecule has 0 radical (unpaired) electrons. The van der Waals surface area contributed by atoms with Crippen LogP contribution in [0.15, 0.2) is 11.0 Å². The Labute approximate surface area is 163 Å². The van der Waals surface area contributed by atoms with E-state index in [0.29, 0.717) is 23.6 Å². The fourth-order valence-electron chi connectivity index (χ4n) is 6.87. The van der Waals surface area contributed by atoms with Crippen LogP contribution in [0, 0.1) is 23.7 Å². The fraction of sp³-hybridized carbons (Fsp3) is 0.750. The molecule has 2 N–H and O–H groups in total. The third-order valence-corrected chi connectivity index (χ3v) is 7.96. The topological polar surface area (TPSA) is 84.2 Å². The van der Waals surface area contributed by atoms with Gasteiger partial charge in [-0.25, -0.2) is 4.68 Å². The van der Waals surface area contributed by atoms with Crippen LogP contribution in [-0.4, -0.2) is 26.9 Å². The zero-order chi connectivity index (χ0) is 18.8. The van der Waals surface area contributed by atoms with E-state index in [1.165, 1.54) is 17.5 Å². The largest absolute Gasteiger partial charge is 0.481 e. The van der Waals surface area contributed by atoms with E-state index in [1.54, 1.807) is 6.20 Å². The van der Waals surface area contributed by atoms with Gasteiger partial charge in [0.1, 0.15) is 5.02 Å². The molecule has 0 aromatic carbocycles. The molecule has 0 amide bonds. The van der Waals surface area contributed by atoms with Gasteiger partial charge in [0.05, 0.1) is 23.3 Å². The van der Waals surface area contributed by atoms with Gasteiger partial charge in [0.15, 0.2) is 0 Å². The van der Waals surface area contributed by atoms with Crippen molar-refractivity contribution in [1.29, 1.82) is 0 Å². The molecule has 2 unspecified atom stereocenters. The second-order valence-electron chi connectivity index (χ2n) is 9.24. The van der Waals surface area contributed by atoms with Crippen LogP contribution in [0.3, 0.4) is 0 Å².